The number of carbonyl (C=O) groups is 1. The molecule has 2 aromatic carbocycles. The second-order valence-electron chi connectivity index (χ2n) is 4.40. The molecule has 3 nitrogen and oxygen atoms in total. The summed E-state index contributed by atoms with van der Waals surface area (Å²) < 4.78 is 0. The quantitative estimate of drug-likeness (QED) is 0.881. The van der Waals surface area contributed by atoms with Crippen LogP contribution < -0.4 is 10.6 Å². The Hall–Kier alpha value is -1.71. The first-order valence-electron chi connectivity index (χ1n) is 6.10. The topological polar surface area (TPSA) is 41.1 Å². The van der Waals surface area contributed by atoms with E-state index >= 15 is 0 Å². The molecular weight excluding hydrogens is 295 g/mol. The zero-order valence-corrected chi connectivity index (χ0v) is 12.4. The SMILES string of the molecule is Cc1cccc(NC(=O)CNc2ccc(Cl)cc2Cl)c1. The van der Waals surface area contributed by atoms with Crippen molar-refractivity contribution in [2.24, 2.45) is 0 Å². The molecule has 0 aliphatic carbocycles. The Morgan fingerprint density at radius 3 is 2.65 bits per heavy atom. The number of benzene rings is 2. The first kappa shape index (κ1) is 14.7. The summed E-state index contributed by atoms with van der Waals surface area (Å²) in [7, 11) is 0. The number of nitrogens with one attached hydrogen (secondary N) is 2. The molecule has 0 saturated carbocycles. The summed E-state index contributed by atoms with van der Waals surface area (Å²) in [5.41, 5.74) is 2.55. The lowest BCUT2D eigenvalue weighted by Crippen LogP contribution is -2.21. The van der Waals surface area contributed by atoms with Crippen LogP contribution in [0, 0.1) is 6.92 Å². The molecule has 2 N–H and O–H groups in total. The van der Waals surface area contributed by atoms with Crippen LogP contribution in [-0.2, 0) is 4.79 Å². The first-order chi connectivity index (χ1) is 9.54. The van der Waals surface area contributed by atoms with Gasteiger partial charge in [-0.25, -0.2) is 0 Å². The molecule has 0 spiro atoms. The summed E-state index contributed by atoms with van der Waals surface area (Å²) in [6, 6.07) is 12.7. The van der Waals surface area contributed by atoms with Gasteiger partial charge in [0.25, 0.3) is 0 Å². The average Bonchev–Trinajstić information content (AvgIpc) is 2.37. The third-order valence-electron chi connectivity index (χ3n) is 2.67. The molecule has 2 rings (SSSR count). The van der Waals surface area contributed by atoms with Crippen LogP contribution in [0.5, 0.6) is 0 Å². The molecule has 5 heteroatoms. The summed E-state index contributed by atoms with van der Waals surface area (Å²) >= 11 is 11.8. The van der Waals surface area contributed by atoms with Gasteiger partial charge in [-0.2, -0.15) is 0 Å². The normalized spacial score (nSPS) is 10.2. The molecule has 2 aromatic rings. The van der Waals surface area contributed by atoms with Gasteiger partial charge >= 0.3 is 0 Å². The summed E-state index contributed by atoms with van der Waals surface area (Å²) in [6.45, 7) is 2.11. The van der Waals surface area contributed by atoms with E-state index in [0.29, 0.717) is 15.7 Å². The molecule has 0 atom stereocenters. The third kappa shape index (κ3) is 4.15. The molecule has 0 unspecified atom stereocenters. The third-order valence-corrected chi connectivity index (χ3v) is 3.22. The minimum Gasteiger partial charge on any atom is -0.375 e. The lowest BCUT2D eigenvalue weighted by Gasteiger charge is -2.09. The fourth-order valence-corrected chi connectivity index (χ4v) is 2.21. The Labute approximate surface area is 127 Å². The predicted molar refractivity (Wildman–Crippen MR) is 84.8 cm³/mol. The highest BCUT2D eigenvalue weighted by Gasteiger charge is 2.05. The van der Waals surface area contributed by atoms with Crippen molar-refractivity contribution in [2.45, 2.75) is 6.92 Å². The molecule has 104 valence electrons. The number of halogens is 2. The Kier molecular flexibility index (Phi) is 4.88. The minimum absolute atomic E-state index is 0.134. The average molecular weight is 309 g/mol. The fraction of sp³-hybridized carbons (Fsp3) is 0.133. The van der Waals surface area contributed by atoms with Gasteiger partial charge in [-0.05, 0) is 42.8 Å². The highest BCUT2D eigenvalue weighted by molar-refractivity contribution is 6.36. The lowest BCUT2D eigenvalue weighted by molar-refractivity contribution is -0.114. The Bertz CT molecular complexity index is 629. The van der Waals surface area contributed by atoms with Crippen LogP contribution in [-0.4, -0.2) is 12.5 Å². The van der Waals surface area contributed by atoms with Crippen LogP contribution in [0.2, 0.25) is 10.0 Å². The van der Waals surface area contributed by atoms with Crippen molar-refractivity contribution in [3.8, 4) is 0 Å². The maximum absolute atomic E-state index is 11.8. The van der Waals surface area contributed by atoms with E-state index in [-0.39, 0.29) is 12.5 Å². The fourth-order valence-electron chi connectivity index (χ4n) is 1.74. The number of aryl methyl sites for hydroxylation is 1. The molecular formula is C15H14Cl2N2O. The van der Waals surface area contributed by atoms with Crippen LogP contribution in [0.4, 0.5) is 11.4 Å². The molecule has 0 saturated heterocycles. The van der Waals surface area contributed by atoms with Crippen molar-refractivity contribution in [1.82, 2.24) is 0 Å². The van der Waals surface area contributed by atoms with Crippen LogP contribution in [0.25, 0.3) is 0 Å². The van der Waals surface area contributed by atoms with Crippen LogP contribution >= 0.6 is 23.2 Å². The van der Waals surface area contributed by atoms with Crippen LogP contribution in [0.3, 0.4) is 0 Å². The molecule has 0 aliphatic rings. The maximum Gasteiger partial charge on any atom is 0.243 e. The standard InChI is InChI=1S/C15H14Cl2N2O/c1-10-3-2-4-12(7-10)19-15(20)9-18-14-6-5-11(16)8-13(14)17/h2-8,18H,9H2,1H3,(H,19,20). The van der Waals surface area contributed by atoms with E-state index in [2.05, 4.69) is 10.6 Å². The van der Waals surface area contributed by atoms with Crippen molar-refractivity contribution >= 4 is 40.5 Å². The van der Waals surface area contributed by atoms with E-state index in [0.717, 1.165) is 11.3 Å². The molecule has 0 bridgehead atoms. The lowest BCUT2D eigenvalue weighted by atomic mass is 10.2. The maximum atomic E-state index is 11.8. The molecule has 0 radical (unpaired) electrons. The van der Waals surface area contributed by atoms with Crippen molar-refractivity contribution in [1.29, 1.82) is 0 Å². The second kappa shape index (κ2) is 6.64. The highest BCUT2D eigenvalue weighted by Crippen LogP contribution is 2.25. The number of amides is 1. The summed E-state index contributed by atoms with van der Waals surface area (Å²) in [4.78, 5) is 11.8. The molecule has 0 aliphatic heterocycles. The van der Waals surface area contributed by atoms with Gasteiger partial charge in [-0.15, -0.1) is 0 Å². The predicted octanol–water partition coefficient (Wildman–Crippen LogP) is 4.35. The number of anilines is 2. The van der Waals surface area contributed by atoms with Gasteiger partial charge in [0.1, 0.15) is 0 Å². The molecule has 0 aromatic heterocycles. The van der Waals surface area contributed by atoms with E-state index in [4.69, 9.17) is 23.2 Å². The van der Waals surface area contributed by atoms with Crippen molar-refractivity contribution in [3.63, 3.8) is 0 Å². The van der Waals surface area contributed by atoms with E-state index in [1.54, 1.807) is 18.2 Å². The zero-order valence-electron chi connectivity index (χ0n) is 10.9. The van der Waals surface area contributed by atoms with Gasteiger partial charge in [0.05, 0.1) is 17.3 Å². The molecule has 0 heterocycles. The van der Waals surface area contributed by atoms with Gasteiger partial charge < -0.3 is 10.6 Å². The number of carbonyl (C=O) groups excluding carboxylic acids is 1. The van der Waals surface area contributed by atoms with Crippen molar-refractivity contribution in [3.05, 3.63) is 58.1 Å². The molecule has 20 heavy (non-hydrogen) atoms. The highest BCUT2D eigenvalue weighted by atomic mass is 35.5. The van der Waals surface area contributed by atoms with Crippen molar-refractivity contribution < 1.29 is 4.79 Å². The van der Waals surface area contributed by atoms with Gasteiger partial charge in [0.15, 0.2) is 0 Å². The summed E-state index contributed by atoms with van der Waals surface area (Å²) in [6.07, 6.45) is 0. The van der Waals surface area contributed by atoms with Crippen LogP contribution in [0.15, 0.2) is 42.5 Å². The summed E-state index contributed by atoms with van der Waals surface area (Å²) in [5, 5.41) is 6.83. The van der Waals surface area contributed by atoms with E-state index in [1.807, 2.05) is 31.2 Å². The van der Waals surface area contributed by atoms with Gasteiger partial charge in [0.2, 0.25) is 5.91 Å². The van der Waals surface area contributed by atoms with Crippen LogP contribution in [0.1, 0.15) is 5.56 Å². The second-order valence-corrected chi connectivity index (χ2v) is 5.24. The van der Waals surface area contributed by atoms with E-state index in [9.17, 15) is 4.79 Å². The van der Waals surface area contributed by atoms with Gasteiger partial charge in [-0.3, -0.25) is 4.79 Å². The smallest absolute Gasteiger partial charge is 0.243 e. The summed E-state index contributed by atoms with van der Waals surface area (Å²) in [5.74, 6) is -0.137. The molecule has 0 fully saturated rings. The minimum atomic E-state index is -0.137. The number of rotatable bonds is 4. The largest absolute Gasteiger partial charge is 0.375 e. The Balaban J connectivity index is 1.92. The number of hydrogen-bond donors (Lipinski definition) is 2. The Morgan fingerprint density at radius 2 is 1.95 bits per heavy atom. The molecule has 1 amide bonds. The van der Waals surface area contributed by atoms with E-state index in [1.165, 1.54) is 0 Å². The Morgan fingerprint density at radius 1 is 1.15 bits per heavy atom. The monoisotopic (exact) mass is 308 g/mol. The zero-order chi connectivity index (χ0) is 14.5. The van der Waals surface area contributed by atoms with Gasteiger partial charge in [0, 0.05) is 10.7 Å². The first-order valence-corrected chi connectivity index (χ1v) is 6.85. The number of hydrogen-bond acceptors (Lipinski definition) is 2. The van der Waals surface area contributed by atoms with Gasteiger partial charge in [-0.1, -0.05) is 35.3 Å². The van der Waals surface area contributed by atoms with E-state index < -0.39 is 0 Å². The van der Waals surface area contributed by atoms with Crippen molar-refractivity contribution in [2.75, 3.05) is 17.2 Å².